The molecule has 0 N–H and O–H groups in total. The highest BCUT2D eigenvalue weighted by molar-refractivity contribution is 14.1. The van der Waals surface area contributed by atoms with Crippen LogP contribution in [0.15, 0.2) is 42.5 Å². The number of rotatable bonds is 3. The summed E-state index contributed by atoms with van der Waals surface area (Å²) in [6.45, 7) is 0. The van der Waals surface area contributed by atoms with Gasteiger partial charge < -0.3 is 0 Å². The quantitative estimate of drug-likeness (QED) is 0.517. The van der Waals surface area contributed by atoms with Crippen LogP contribution in [0.2, 0.25) is 10.0 Å². The molecule has 0 aromatic heterocycles. The smallest absolute Gasteiger partial charge is 0.185 e. The molecule has 20 heavy (non-hydrogen) atoms. The van der Waals surface area contributed by atoms with Crippen molar-refractivity contribution in [3.63, 3.8) is 0 Å². The Kier molecular flexibility index (Phi) is 5.03. The molecule has 1 atom stereocenters. The summed E-state index contributed by atoms with van der Waals surface area (Å²) in [5.74, 6) is -1.12. The van der Waals surface area contributed by atoms with Crippen molar-refractivity contribution < 1.29 is 4.79 Å². The van der Waals surface area contributed by atoms with Crippen molar-refractivity contribution in [2.24, 2.45) is 0 Å². The zero-order chi connectivity index (χ0) is 14.7. The third kappa shape index (κ3) is 3.32. The Hall–Kier alpha value is -1.09. The van der Waals surface area contributed by atoms with E-state index >= 15 is 0 Å². The number of nitriles is 1. The molecule has 2 aromatic carbocycles. The molecule has 0 aliphatic rings. The second-order valence-corrected chi connectivity index (χ2v) is 6.14. The number of carbonyl (C=O) groups excluding carboxylic acids is 1. The highest BCUT2D eigenvalue weighted by Gasteiger charge is 2.23. The molecule has 1 unspecified atom stereocenters. The van der Waals surface area contributed by atoms with E-state index in [0.717, 1.165) is 3.57 Å². The van der Waals surface area contributed by atoms with Crippen LogP contribution in [0.3, 0.4) is 0 Å². The first-order chi connectivity index (χ1) is 9.52. The molecular weight excluding hydrogens is 408 g/mol. The lowest BCUT2D eigenvalue weighted by Crippen LogP contribution is -2.12. The molecule has 0 heterocycles. The van der Waals surface area contributed by atoms with Gasteiger partial charge in [-0.15, -0.1) is 0 Å². The fourth-order valence-electron chi connectivity index (χ4n) is 1.78. The molecule has 0 aliphatic heterocycles. The van der Waals surface area contributed by atoms with Crippen molar-refractivity contribution in [2.75, 3.05) is 0 Å². The molecule has 100 valence electrons. The van der Waals surface area contributed by atoms with E-state index in [0.29, 0.717) is 21.2 Å². The van der Waals surface area contributed by atoms with E-state index in [4.69, 9.17) is 23.2 Å². The largest absolute Gasteiger partial charge is 0.292 e. The number of benzene rings is 2. The van der Waals surface area contributed by atoms with Crippen LogP contribution in [0, 0.1) is 14.9 Å². The first kappa shape index (κ1) is 15.3. The number of ketones is 1. The Morgan fingerprint density at radius 1 is 1.10 bits per heavy atom. The summed E-state index contributed by atoms with van der Waals surface area (Å²) in [6, 6.07) is 13.8. The van der Waals surface area contributed by atoms with E-state index in [-0.39, 0.29) is 5.78 Å². The topological polar surface area (TPSA) is 40.9 Å². The van der Waals surface area contributed by atoms with Gasteiger partial charge in [0.2, 0.25) is 0 Å². The van der Waals surface area contributed by atoms with Gasteiger partial charge in [-0.1, -0.05) is 35.3 Å². The number of nitrogens with zero attached hydrogens (tertiary/aromatic N) is 1. The highest BCUT2D eigenvalue weighted by atomic mass is 127. The second-order valence-electron chi connectivity index (χ2n) is 4.10. The molecule has 2 nitrogen and oxygen atoms in total. The number of carbonyl (C=O) groups is 1. The first-order valence-electron chi connectivity index (χ1n) is 5.67. The summed E-state index contributed by atoms with van der Waals surface area (Å²) >= 11 is 13.8. The number of Topliss-reactive ketones (excluding diaryl/α,β-unsaturated/α-hetero) is 1. The molecule has 0 bridgehead atoms. The predicted octanol–water partition coefficient (Wildman–Crippen LogP) is 5.09. The summed E-state index contributed by atoms with van der Waals surface area (Å²) in [5.41, 5.74) is 1.08. The van der Waals surface area contributed by atoms with Crippen LogP contribution in [0.25, 0.3) is 0 Å². The van der Waals surface area contributed by atoms with Gasteiger partial charge in [-0.2, -0.15) is 5.26 Å². The van der Waals surface area contributed by atoms with Crippen LogP contribution in [0.4, 0.5) is 0 Å². The minimum atomic E-state index is -0.862. The van der Waals surface area contributed by atoms with Gasteiger partial charge in [0.1, 0.15) is 5.92 Å². The van der Waals surface area contributed by atoms with Crippen molar-refractivity contribution in [3.8, 4) is 6.07 Å². The standard InChI is InChI=1S/C15H8Cl2INO/c16-10-3-1-9(2-4-10)13(8-19)15(20)12-7-11(17)5-6-14(12)18/h1-7,13H. The number of halogens is 3. The average molecular weight is 416 g/mol. The monoisotopic (exact) mass is 415 g/mol. The van der Waals surface area contributed by atoms with Gasteiger partial charge in [0, 0.05) is 19.2 Å². The summed E-state index contributed by atoms with van der Waals surface area (Å²) < 4.78 is 0.770. The molecule has 0 saturated carbocycles. The third-order valence-corrected chi connectivity index (χ3v) is 4.22. The Morgan fingerprint density at radius 3 is 2.30 bits per heavy atom. The summed E-state index contributed by atoms with van der Waals surface area (Å²) in [5, 5.41) is 10.3. The summed E-state index contributed by atoms with van der Waals surface area (Å²) in [4.78, 5) is 12.5. The first-order valence-corrected chi connectivity index (χ1v) is 7.50. The van der Waals surface area contributed by atoms with Crippen LogP contribution in [0.5, 0.6) is 0 Å². The van der Waals surface area contributed by atoms with Gasteiger partial charge in [0.25, 0.3) is 0 Å². The molecule has 0 radical (unpaired) electrons. The summed E-state index contributed by atoms with van der Waals surface area (Å²) in [7, 11) is 0. The zero-order valence-electron chi connectivity index (χ0n) is 10.1. The Bertz CT molecular complexity index is 692. The van der Waals surface area contributed by atoms with E-state index in [1.807, 2.05) is 6.07 Å². The van der Waals surface area contributed by atoms with Crippen molar-refractivity contribution in [1.82, 2.24) is 0 Å². The molecule has 2 aromatic rings. The van der Waals surface area contributed by atoms with E-state index in [1.54, 1.807) is 42.5 Å². The molecule has 2 rings (SSSR count). The maximum absolute atomic E-state index is 12.5. The van der Waals surface area contributed by atoms with E-state index < -0.39 is 5.92 Å². The van der Waals surface area contributed by atoms with Gasteiger partial charge in [-0.25, -0.2) is 0 Å². The zero-order valence-corrected chi connectivity index (χ0v) is 13.8. The molecule has 5 heteroatoms. The maximum atomic E-state index is 12.5. The lowest BCUT2D eigenvalue weighted by atomic mass is 9.92. The molecule has 0 saturated heterocycles. The highest BCUT2D eigenvalue weighted by Crippen LogP contribution is 2.26. The van der Waals surface area contributed by atoms with E-state index in [1.165, 1.54) is 0 Å². The van der Waals surface area contributed by atoms with Crippen LogP contribution >= 0.6 is 45.8 Å². The lowest BCUT2D eigenvalue weighted by Gasteiger charge is -2.10. The van der Waals surface area contributed by atoms with Crippen molar-refractivity contribution in [1.29, 1.82) is 5.26 Å². The Morgan fingerprint density at radius 2 is 1.70 bits per heavy atom. The van der Waals surface area contributed by atoms with Crippen LogP contribution < -0.4 is 0 Å². The third-order valence-electron chi connectivity index (χ3n) is 2.79. The van der Waals surface area contributed by atoms with Gasteiger partial charge in [0.15, 0.2) is 5.78 Å². The van der Waals surface area contributed by atoms with Crippen molar-refractivity contribution >= 4 is 51.6 Å². The number of hydrogen-bond acceptors (Lipinski definition) is 2. The van der Waals surface area contributed by atoms with Gasteiger partial charge in [0.05, 0.1) is 6.07 Å². The average Bonchev–Trinajstić information content (AvgIpc) is 2.44. The van der Waals surface area contributed by atoms with Gasteiger partial charge >= 0.3 is 0 Å². The SMILES string of the molecule is N#CC(C(=O)c1cc(Cl)ccc1I)c1ccc(Cl)cc1. The second kappa shape index (κ2) is 6.57. The molecule has 0 spiro atoms. The molecule has 0 aliphatic carbocycles. The van der Waals surface area contributed by atoms with Gasteiger partial charge in [-0.05, 0) is 58.5 Å². The minimum Gasteiger partial charge on any atom is -0.292 e. The maximum Gasteiger partial charge on any atom is 0.185 e. The summed E-state index contributed by atoms with van der Waals surface area (Å²) in [6.07, 6.45) is 0. The molecule has 0 fully saturated rings. The normalized spacial score (nSPS) is 11.7. The lowest BCUT2D eigenvalue weighted by molar-refractivity contribution is 0.0978. The van der Waals surface area contributed by atoms with Crippen molar-refractivity contribution in [2.45, 2.75) is 5.92 Å². The minimum absolute atomic E-state index is 0.262. The predicted molar refractivity (Wildman–Crippen MR) is 88.3 cm³/mol. The Balaban J connectivity index is 2.42. The van der Waals surface area contributed by atoms with E-state index in [9.17, 15) is 10.1 Å². The number of hydrogen-bond donors (Lipinski definition) is 0. The fraction of sp³-hybridized carbons (Fsp3) is 0.0667. The Labute approximate surface area is 140 Å². The fourth-order valence-corrected chi connectivity index (χ4v) is 2.68. The van der Waals surface area contributed by atoms with E-state index in [2.05, 4.69) is 22.6 Å². The van der Waals surface area contributed by atoms with Crippen LogP contribution in [0.1, 0.15) is 21.8 Å². The van der Waals surface area contributed by atoms with Gasteiger partial charge in [-0.3, -0.25) is 4.79 Å². The molecule has 0 amide bonds. The van der Waals surface area contributed by atoms with Crippen LogP contribution in [-0.2, 0) is 0 Å². The van der Waals surface area contributed by atoms with Crippen LogP contribution in [-0.4, -0.2) is 5.78 Å². The molecular formula is C15H8Cl2INO. The van der Waals surface area contributed by atoms with Crippen molar-refractivity contribution in [3.05, 3.63) is 67.2 Å².